The Hall–Kier alpha value is -4.19. The molecule has 0 aliphatic carbocycles. The topological polar surface area (TPSA) is 78.9 Å². The Morgan fingerprint density at radius 1 is 0.296 bits per heavy atom. The van der Waals surface area contributed by atoms with Crippen LogP contribution in [0.1, 0.15) is 252 Å². The van der Waals surface area contributed by atoms with Gasteiger partial charge in [0.1, 0.15) is 13.2 Å². The van der Waals surface area contributed by atoms with Gasteiger partial charge in [-0.25, -0.2) is 0 Å². The summed E-state index contributed by atoms with van der Waals surface area (Å²) >= 11 is 0. The van der Waals surface area contributed by atoms with Gasteiger partial charge in [-0.15, -0.1) is 0 Å². The van der Waals surface area contributed by atoms with Crippen molar-refractivity contribution < 1.29 is 28.6 Å². The average molecular weight is 984 g/mol. The molecular weight excluding hydrogens is 877 g/mol. The van der Waals surface area contributed by atoms with Crippen LogP contribution in [0.2, 0.25) is 0 Å². The highest BCUT2D eigenvalue weighted by Crippen LogP contribution is 2.14. The van der Waals surface area contributed by atoms with Crippen molar-refractivity contribution in [2.24, 2.45) is 0 Å². The number of hydrogen-bond donors (Lipinski definition) is 0. The van der Waals surface area contributed by atoms with E-state index in [0.717, 1.165) is 128 Å². The van der Waals surface area contributed by atoms with Gasteiger partial charge >= 0.3 is 17.9 Å². The first kappa shape index (κ1) is 66.8. The van der Waals surface area contributed by atoms with Gasteiger partial charge in [0.25, 0.3) is 0 Å². The first-order chi connectivity index (χ1) is 35.0. The number of hydrogen-bond acceptors (Lipinski definition) is 6. The molecule has 6 nitrogen and oxygen atoms in total. The zero-order valence-electron chi connectivity index (χ0n) is 45.9. The minimum atomic E-state index is -0.811. The molecule has 0 amide bonds. The monoisotopic (exact) mass is 983 g/mol. The lowest BCUT2D eigenvalue weighted by atomic mass is 10.1. The van der Waals surface area contributed by atoms with Crippen molar-refractivity contribution in [1.29, 1.82) is 0 Å². The molecule has 0 saturated heterocycles. The van der Waals surface area contributed by atoms with Crippen LogP contribution in [0.15, 0.2) is 122 Å². The molecule has 0 aromatic heterocycles. The third-order valence-electron chi connectivity index (χ3n) is 11.9. The minimum absolute atomic E-state index is 0.104. The first-order valence-corrected chi connectivity index (χ1v) is 29.0. The summed E-state index contributed by atoms with van der Waals surface area (Å²) in [7, 11) is 0. The van der Waals surface area contributed by atoms with Gasteiger partial charge in [0, 0.05) is 19.3 Å². The van der Waals surface area contributed by atoms with Crippen LogP contribution >= 0.6 is 0 Å². The van der Waals surface area contributed by atoms with Crippen molar-refractivity contribution in [1.82, 2.24) is 0 Å². The van der Waals surface area contributed by atoms with Crippen LogP contribution in [0, 0.1) is 0 Å². The van der Waals surface area contributed by atoms with Gasteiger partial charge in [-0.05, 0) is 128 Å². The molecule has 0 rings (SSSR count). The molecule has 0 aliphatic heterocycles. The van der Waals surface area contributed by atoms with Crippen molar-refractivity contribution in [2.45, 2.75) is 258 Å². The lowest BCUT2D eigenvalue weighted by molar-refractivity contribution is -0.167. The summed E-state index contributed by atoms with van der Waals surface area (Å²) in [6.45, 7) is 6.33. The SMILES string of the molecule is CC/C=C\C/C=C\C/C=C\C/C=C\CCCCCCCCCCCCC(=O)OCC(COC(=O)CCCCCCC/C=C\C/C=C\CCCCC)OC(=O)CCCC/C=C\C/C=C\C/C=C\C/C=C\CC. The standard InChI is InChI=1S/C65H106O6/c1-4-7-10-13-16-19-22-25-28-29-30-31-32-33-34-35-38-40-43-46-49-52-55-58-64(67)70-61-62(71-65(68)59-56-53-50-47-44-41-37-27-24-21-18-15-12-9-6-3)60-69-63(66)57-54-51-48-45-42-39-36-26-23-20-17-14-11-8-5-2/h7,9-10,12,16-21,25-28,30-31,36-37,44,47,62H,4-6,8,11,13-15,22-24,29,32-35,38-43,45-46,48-61H2,1-3H3/b10-7-,12-9-,19-16-,20-17-,21-18-,28-25-,31-30-,36-26-,37-27-,47-44-. The van der Waals surface area contributed by atoms with Gasteiger partial charge < -0.3 is 14.2 Å². The van der Waals surface area contributed by atoms with E-state index >= 15 is 0 Å². The molecule has 0 aromatic rings. The molecule has 0 aliphatic rings. The molecule has 0 heterocycles. The van der Waals surface area contributed by atoms with E-state index in [4.69, 9.17) is 14.2 Å². The van der Waals surface area contributed by atoms with Gasteiger partial charge in [0.15, 0.2) is 6.10 Å². The third kappa shape index (κ3) is 56.6. The number of unbranched alkanes of at least 4 members (excludes halogenated alkanes) is 20. The molecule has 0 spiro atoms. The van der Waals surface area contributed by atoms with E-state index in [0.29, 0.717) is 19.3 Å². The van der Waals surface area contributed by atoms with E-state index in [1.807, 2.05) is 0 Å². The predicted octanol–water partition coefficient (Wildman–Crippen LogP) is 19.6. The number of carbonyl (C=O) groups excluding carboxylic acids is 3. The van der Waals surface area contributed by atoms with E-state index in [1.165, 1.54) is 77.0 Å². The van der Waals surface area contributed by atoms with Gasteiger partial charge in [0.2, 0.25) is 0 Å². The molecule has 1 unspecified atom stereocenters. The van der Waals surface area contributed by atoms with Gasteiger partial charge in [-0.2, -0.15) is 0 Å². The maximum absolute atomic E-state index is 12.8. The highest BCUT2D eigenvalue weighted by atomic mass is 16.6. The summed E-state index contributed by atoms with van der Waals surface area (Å²) in [6.07, 6.45) is 80.5. The highest BCUT2D eigenvalue weighted by molar-refractivity contribution is 5.71. The predicted molar refractivity (Wildman–Crippen MR) is 306 cm³/mol. The molecule has 402 valence electrons. The van der Waals surface area contributed by atoms with E-state index in [2.05, 4.69) is 142 Å². The third-order valence-corrected chi connectivity index (χ3v) is 11.9. The summed E-state index contributed by atoms with van der Waals surface area (Å²) in [6, 6.07) is 0. The van der Waals surface area contributed by atoms with Crippen molar-refractivity contribution in [3.05, 3.63) is 122 Å². The Bertz CT molecular complexity index is 1500. The van der Waals surface area contributed by atoms with E-state index < -0.39 is 6.10 Å². The van der Waals surface area contributed by atoms with E-state index in [9.17, 15) is 14.4 Å². The molecule has 71 heavy (non-hydrogen) atoms. The molecule has 0 saturated carbocycles. The molecular formula is C65H106O6. The molecule has 0 N–H and O–H groups in total. The zero-order chi connectivity index (χ0) is 51.4. The summed E-state index contributed by atoms with van der Waals surface area (Å²) in [5, 5.41) is 0. The van der Waals surface area contributed by atoms with Crippen LogP contribution in [-0.4, -0.2) is 37.2 Å². The quantitative estimate of drug-likeness (QED) is 0.0261. The normalized spacial score (nSPS) is 13.0. The zero-order valence-corrected chi connectivity index (χ0v) is 45.9. The second-order valence-corrected chi connectivity index (χ2v) is 18.8. The van der Waals surface area contributed by atoms with Crippen LogP contribution in [0.4, 0.5) is 0 Å². The maximum atomic E-state index is 12.8. The minimum Gasteiger partial charge on any atom is -0.462 e. The highest BCUT2D eigenvalue weighted by Gasteiger charge is 2.19. The van der Waals surface area contributed by atoms with Crippen molar-refractivity contribution in [2.75, 3.05) is 13.2 Å². The number of rotatable bonds is 51. The van der Waals surface area contributed by atoms with Crippen LogP contribution in [0.5, 0.6) is 0 Å². The smallest absolute Gasteiger partial charge is 0.306 e. The summed E-state index contributed by atoms with van der Waals surface area (Å²) in [5.41, 5.74) is 0. The van der Waals surface area contributed by atoms with Gasteiger partial charge in [-0.3, -0.25) is 14.4 Å². The van der Waals surface area contributed by atoms with Gasteiger partial charge in [0.05, 0.1) is 0 Å². The van der Waals surface area contributed by atoms with Crippen LogP contribution in [0.25, 0.3) is 0 Å². The summed E-state index contributed by atoms with van der Waals surface area (Å²) < 4.78 is 16.8. The number of allylic oxidation sites excluding steroid dienone is 20. The second kappa shape index (κ2) is 58.4. The molecule has 0 bridgehead atoms. The molecule has 1 atom stereocenters. The Labute approximate surface area is 437 Å². The Morgan fingerprint density at radius 3 is 0.887 bits per heavy atom. The van der Waals surface area contributed by atoms with Crippen molar-refractivity contribution in [3.63, 3.8) is 0 Å². The Morgan fingerprint density at radius 2 is 0.549 bits per heavy atom. The molecule has 0 aromatic carbocycles. The fraction of sp³-hybridized carbons (Fsp3) is 0.646. The fourth-order valence-corrected chi connectivity index (χ4v) is 7.63. The lowest BCUT2D eigenvalue weighted by Crippen LogP contribution is -2.30. The molecule has 0 radical (unpaired) electrons. The Balaban J connectivity index is 4.42. The molecule has 6 heteroatoms. The van der Waals surface area contributed by atoms with Crippen molar-refractivity contribution in [3.8, 4) is 0 Å². The molecule has 0 fully saturated rings. The van der Waals surface area contributed by atoms with E-state index in [-0.39, 0.29) is 37.5 Å². The van der Waals surface area contributed by atoms with Crippen LogP contribution in [-0.2, 0) is 28.6 Å². The Kier molecular flexibility index (Phi) is 54.9. The summed E-state index contributed by atoms with van der Waals surface area (Å²) in [4.78, 5) is 38.2. The number of esters is 3. The lowest BCUT2D eigenvalue weighted by Gasteiger charge is -2.18. The first-order valence-electron chi connectivity index (χ1n) is 29.0. The van der Waals surface area contributed by atoms with Crippen LogP contribution < -0.4 is 0 Å². The van der Waals surface area contributed by atoms with Gasteiger partial charge in [-0.1, -0.05) is 226 Å². The van der Waals surface area contributed by atoms with Crippen LogP contribution in [0.3, 0.4) is 0 Å². The summed E-state index contributed by atoms with van der Waals surface area (Å²) in [5.74, 6) is -0.966. The number of carbonyl (C=O) groups is 3. The largest absolute Gasteiger partial charge is 0.462 e. The number of ether oxygens (including phenoxy) is 3. The van der Waals surface area contributed by atoms with Crippen molar-refractivity contribution >= 4 is 17.9 Å². The maximum Gasteiger partial charge on any atom is 0.306 e. The average Bonchev–Trinajstić information content (AvgIpc) is 3.37. The second-order valence-electron chi connectivity index (χ2n) is 18.8. The van der Waals surface area contributed by atoms with E-state index in [1.54, 1.807) is 0 Å². The fourth-order valence-electron chi connectivity index (χ4n) is 7.63.